The monoisotopic (exact) mass is 310 g/mol. The van der Waals surface area contributed by atoms with Gasteiger partial charge in [0.2, 0.25) is 0 Å². The van der Waals surface area contributed by atoms with E-state index in [1.54, 1.807) is 0 Å². The van der Waals surface area contributed by atoms with E-state index in [4.69, 9.17) is 10.8 Å². The summed E-state index contributed by atoms with van der Waals surface area (Å²) in [6.07, 6.45) is 3.40. The Kier molecular flexibility index (Phi) is 5.38. The predicted octanol–water partition coefficient (Wildman–Crippen LogP) is 2.54. The third-order valence-electron chi connectivity index (χ3n) is 4.22. The van der Waals surface area contributed by atoms with Crippen molar-refractivity contribution in [2.45, 2.75) is 50.8 Å². The summed E-state index contributed by atoms with van der Waals surface area (Å²) in [5, 5.41) is 5.45. The Morgan fingerprint density at radius 1 is 1.48 bits per heavy atom. The lowest BCUT2D eigenvalue weighted by Gasteiger charge is -2.38. The van der Waals surface area contributed by atoms with Crippen molar-refractivity contribution in [2.24, 2.45) is 12.8 Å². The number of hydrogen-bond acceptors (Lipinski definition) is 4. The summed E-state index contributed by atoms with van der Waals surface area (Å²) in [6, 6.07) is 0.294. The Morgan fingerprint density at radius 3 is 2.76 bits per heavy atom. The summed E-state index contributed by atoms with van der Waals surface area (Å²) < 4.78 is 1.94. The van der Waals surface area contributed by atoms with Crippen molar-refractivity contribution >= 4 is 11.8 Å². The van der Waals surface area contributed by atoms with Crippen LogP contribution in [0.2, 0.25) is 0 Å². The molecule has 1 aliphatic rings. The Bertz CT molecular complexity index is 463. The Hall–Kier alpha value is -0.520. The van der Waals surface area contributed by atoms with Crippen LogP contribution in [0.1, 0.15) is 51.4 Å². The Balaban J connectivity index is 2.29. The summed E-state index contributed by atoms with van der Waals surface area (Å²) in [7, 11) is 2.01. The van der Waals surface area contributed by atoms with Crippen molar-refractivity contribution < 1.29 is 0 Å². The van der Waals surface area contributed by atoms with Gasteiger partial charge in [0.25, 0.3) is 0 Å². The van der Waals surface area contributed by atoms with Gasteiger partial charge < -0.3 is 5.73 Å². The van der Waals surface area contributed by atoms with Crippen molar-refractivity contribution in [1.82, 2.24) is 14.7 Å². The van der Waals surface area contributed by atoms with Gasteiger partial charge in [0, 0.05) is 54.9 Å². The van der Waals surface area contributed by atoms with E-state index in [-0.39, 0.29) is 5.41 Å². The normalized spacial score (nSPS) is 22.5. The van der Waals surface area contributed by atoms with Crippen LogP contribution >= 0.6 is 11.8 Å². The first-order chi connectivity index (χ1) is 9.86. The van der Waals surface area contributed by atoms with Crippen LogP contribution in [0.4, 0.5) is 0 Å². The van der Waals surface area contributed by atoms with Gasteiger partial charge in [-0.1, -0.05) is 27.7 Å². The molecule has 1 aliphatic heterocycles. The molecule has 0 radical (unpaired) electrons. The number of thioether (sulfide) groups is 1. The minimum Gasteiger partial charge on any atom is -0.329 e. The summed E-state index contributed by atoms with van der Waals surface area (Å²) in [6.45, 7) is 11.9. The van der Waals surface area contributed by atoms with Crippen molar-refractivity contribution in [3.05, 3.63) is 17.5 Å². The van der Waals surface area contributed by atoms with E-state index in [2.05, 4.69) is 50.6 Å². The number of nitrogens with two attached hydrogens (primary N) is 1. The highest BCUT2D eigenvalue weighted by atomic mass is 32.2. The highest BCUT2D eigenvalue weighted by molar-refractivity contribution is 8.00. The lowest BCUT2D eigenvalue weighted by molar-refractivity contribution is 0.205. The number of aromatic nitrogens is 2. The number of hydrogen-bond donors (Lipinski definition) is 1. The van der Waals surface area contributed by atoms with Gasteiger partial charge in [-0.25, -0.2) is 0 Å². The van der Waals surface area contributed by atoms with E-state index in [0.29, 0.717) is 12.6 Å². The molecule has 21 heavy (non-hydrogen) atoms. The highest BCUT2D eigenvalue weighted by Gasteiger charge is 2.31. The van der Waals surface area contributed by atoms with Crippen LogP contribution in [0, 0.1) is 0 Å². The van der Waals surface area contributed by atoms with Gasteiger partial charge >= 0.3 is 0 Å². The zero-order valence-corrected chi connectivity index (χ0v) is 14.9. The van der Waals surface area contributed by atoms with Gasteiger partial charge in [-0.15, -0.1) is 0 Å². The Labute approximate surface area is 133 Å². The fourth-order valence-corrected chi connectivity index (χ4v) is 4.28. The second-order valence-electron chi connectivity index (χ2n) is 7.00. The van der Waals surface area contributed by atoms with Crippen molar-refractivity contribution in [1.29, 1.82) is 0 Å². The lowest BCUT2D eigenvalue weighted by Crippen LogP contribution is -2.43. The molecular weight excluding hydrogens is 280 g/mol. The van der Waals surface area contributed by atoms with Gasteiger partial charge in [-0.05, 0) is 6.42 Å². The molecule has 0 aromatic carbocycles. The first-order valence-electron chi connectivity index (χ1n) is 7.96. The molecule has 120 valence electrons. The molecule has 2 heterocycles. The highest BCUT2D eigenvalue weighted by Crippen LogP contribution is 2.33. The van der Waals surface area contributed by atoms with Crippen LogP contribution in [-0.4, -0.2) is 45.3 Å². The zero-order valence-electron chi connectivity index (χ0n) is 14.1. The maximum atomic E-state index is 6.16. The Morgan fingerprint density at radius 2 is 2.19 bits per heavy atom. The third kappa shape index (κ3) is 3.82. The molecule has 1 fully saturated rings. The maximum absolute atomic E-state index is 6.16. The molecule has 4 nitrogen and oxygen atoms in total. The van der Waals surface area contributed by atoms with Gasteiger partial charge in [0.15, 0.2) is 0 Å². The standard InChI is InChI=1S/C16H30N4S/c1-6-12-10-20(7-8-21-12)14(9-17)13-11-19(5)18-15(13)16(2,3)4/h11-12,14H,6-10,17H2,1-5H3. The second kappa shape index (κ2) is 6.71. The lowest BCUT2D eigenvalue weighted by atomic mass is 9.87. The predicted molar refractivity (Wildman–Crippen MR) is 91.8 cm³/mol. The van der Waals surface area contributed by atoms with Crippen molar-refractivity contribution in [2.75, 3.05) is 25.4 Å². The molecule has 0 saturated carbocycles. The van der Waals surface area contributed by atoms with Crippen LogP contribution in [0.5, 0.6) is 0 Å². The maximum Gasteiger partial charge on any atom is 0.0726 e. The van der Waals surface area contributed by atoms with Gasteiger partial charge in [0.05, 0.1) is 11.7 Å². The minimum absolute atomic E-state index is 0.0543. The van der Waals surface area contributed by atoms with Crippen molar-refractivity contribution in [3.63, 3.8) is 0 Å². The summed E-state index contributed by atoms with van der Waals surface area (Å²) in [5.41, 5.74) is 8.71. The van der Waals surface area contributed by atoms with Gasteiger partial charge in [-0.2, -0.15) is 16.9 Å². The van der Waals surface area contributed by atoms with Crippen LogP contribution in [0.3, 0.4) is 0 Å². The van der Waals surface area contributed by atoms with E-state index >= 15 is 0 Å². The smallest absolute Gasteiger partial charge is 0.0726 e. The second-order valence-corrected chi connectivity index (χ2v) is 8.41. The van der Waals surface area contributed by atoms with Gasteiger partial charge in [0.1, 0.15) is 0 Å². The summed E-state index contributed by atoms with van der Waals surface area (Å²) >= 11 is 2.10. The van der Waals surface area contributed by atoms with Crippen LogP contribution in [0.15, 0.2) is 6.20 Å². The third-order valence-corrected chi connectivity index (χ3v) is 5.59. The summed E-state index contributed by atoms with van der Waals surface area (Å²) in [4.78, 5) is 2.57. The fourth-order valence-electron chi connectivity index (χ4n) is 3.08. The zero-order chi connectivity index (χ0) is 15.6. The van der Waals surface area contributed by atoms with E-state index in [1.165, 1.54) is 23.4 Å². The molecule has 1 aromatic rings. The van der Waals surface area contributed by atoms with Gasteiger partial charge in [-0.3, -0.25) is 9.58 Å². The van der Waals surface area contributed by atoms with E-state index in [0.717, 1.165) is 18.3 Å². The number of rotatable bonds is 4. The van der Waals surface area contributed by atoms with E-state index in [9.17, 15) is 0 Å². The molecule has 0 bridgehead atoms. The molecule has 2 rings (SSSR count). The average molecular weight is 311 g/mol. The SMILES string of the molecule is CCC1CN(C(CN)c2cn(C)nc2C(C)(C)C)CCS1. The minimum atomic E-state index is 0.0543. The van der Waals surface area contributed by atoms with Crippen LogP contribution in [-0.2, 0) is 12.5 Å². The molecule has 2 N–H and O–H groups in total. The molecule has 1 saturated heterocycles. The first kappa shape index (κ1) is 16.8. The fraction of sp³-hybridized carbons (Fsp3) is 0.812. The quantitative estimate of drug-likeness (QED) is 0.928. The molecule has 1 aromatic heterocycles. The van der Waals surface area contributed by atoms with Crippen molar-refractivity contribution in [3.8, 4) is 0 Å². The number of nitrogens with zero attached hydrogens (tertiary/aromatic N) is 3. The summed E-state index contributed by atoms with van der Waals surface area (Å²) in [5.74, 6) is 1.21. The molecule has 5 heteroatoms. The molecule has 0 aliphatic carbocycles. The molecule has 2 atom stereocenters. The first-order valence-corrected chi connectivity index (χ1v) is 9.01. The largest absolute Gasteiger partial charge is 0.329 e. The average Bonchev–Trinajstić information content (AvgIpc) is 2.82. The van der Waals surface area contributed by atoms with Crippen LogP contribution in [0.25, 0.3) is 0 Å². The molecular formula is C16H30N4S. The van der Waals surface area contributed by atoms with E-state index in [1.807, 2.05) is 11.7 Å². The van der Waals surface area contributed by atoms with Crippen LogP contribution < -0.4 is 5.73 Å². The number of aryl methyl sites for hydroxylation is 1. The molecule has 0 spiro atoms. The topological polar surface area (TPSA) is 47.1 Å². The molecule has 0 amide bonds. The molecule has 2 unspecified atom stereocenters. The van der Waals surface area contributed by atoms with E-state index < -0.39 is 0 Å².